The van der Waals surface area contributed by atoms with Crippen molar-refractivity contribution in [3.63, 3.8) is 0 Å². The second kappa shape index (κ2) is 9.59. The first-order valence-corrected chi connectivity index (χ1v) is 16.1. The maximum atomic E-state index is 12.5. The summed E-state index contributed by atoms with van der Waals surface area (Å²) in [6, 6.07) is 1.24. The standard InChI is InChI=1S/C21H37BrN2O6Si2/c1-12(2)31(13(3)4)27-11-16-19(29-32(30-31,14(5)6)15(7)8)18(22)20(28-16)24-10-9-17(25)23-21(24)26/h9-10,12-16,18-20H,11H2,1-8H3,(H,23,25,26)/t16-,18-,19-,20-/m1/s1/i18D. The summed E-state index contributed by atoms with van der Waals surface area (Å²) in [5.74, 6) is 0. The Morgan fingerprint density at radius 3 is 2.12 bits per heavy atom. The Hall–Kier alpha value is -0.566. The molecule has 0 aliphatic carbocycles. The summed E-state index contributed by atoms with van der Waals surface area (Å²) in [7, 11) is -5.69. The minimum Gasteiger partial charge on any atom is -0.414 e. The third-order valence-electron chi connectivity index (χ3n) is 6.58. The monoisotopic (exact) mass is 549 g/mol. The van der Waals surface area contributed by atoms with Crippen molar-refractivity contribution in [3.8, 4) is 0 Å². The Labute approximate surface area is 202 Å². The van der Waals surface area contributed by atoms with Crippen LogP contribution >= 0.6 is 15.9 Å². The van der Waals surface area contributed by atoms with Crippen LogP contribution in [0, 0.1) is 0 Å². The minimum absolute atomic E-state index is 0.0994. The van der Waals surface area contributed by atoms with Gasteiger partial charge in [-0.15, -0.1) is 0 Å². The summed E-state index contributed by atoms with van der Waals surface area (Å²) in [6.45, 7) is 17.2. The van der Waals surface area contributed by atoms with Crippen LogP contribution in [0.15, 0.2) is 21.9 Å². The van der Waals surface area contributed by atoms with Crippen LogP contribution in [0.3, 0.4) is 0 Å². The van der Waals surface area contributed by atoms with E-state index in [0.717, 1.165) is 0 Å². The molecule has 2 aliphatic heterocycles. The van der Waals surface area contributed by atoms with E-state index in [9.17, 15) is 11.0 Å². The molecule has 1 aromatic heterocycles. The van der Waals surface area contributed by atoms with Gasteiger partial charge in [-0.3, -0.25) is 14.3 Å². The quantitative estimate of drug-likeness (QED) is 0.438. The van der Waals surface area contributed by atoms with Crippen LogP contribution < -0.4 is 11.2 Å². The first-order valence-electron chi connectivity index (χ1n) is 11.9. The van der Waals surface area contributed by atoms with Crippen molar-refractivity contribution in [2.75, 3.05) is 6.61 Å². The lowest BCUT2D eigenvalue weighted by Gasteiger charge is -2.51. The molecule has 1 aromatic rings. The van der Waals surface area contributed by atoms with E-state index in [0.29, 0.717) is 0 Å². The first kappa shape index (κ1) is 24.6. The van der Waals surface area contributed by atoms with Crippen molar-refractivity contribution in [3.05, 3.63) is 33.1 Å². The first-order chi connectivity index (χ1) is 15.2. The van der Waals surface area contributed by atoms with E-state index in [1.807, 2.05) is 0 Å². The lowest BCUT2D eigenvalue weighted by Crippen LogP contribution is -2.65. The molecule has 2 saturated heterocycles. The Kier molecular flexibility index (Phi) is 7.36. The van der Waals surface area contributed by atoms with Crippen molar-refractivity contribution >= 4 is 33.1 Å². The van der Waals surface area contributed by atoms with E-state index in [1.54, 1.807) is 0 Å². The van der Waals surface area contributed by atoms with Crippen LogP contribution in [0.1, 0.15) is 63.0 Å². The molecule has 0 spiro atoms. The second-order valence-electron chi connectivity index (χ2n) is 9.94. The SMILES string of the molecule is [2H][C@@]1(Br)[C@@H]2O[Si](C(C)C)(C(C)C)O[Si](C(C)C)(C(C)C)OC[C@H]2O[C@H]1n1ccc(=O)[nH]c1=O. The van der Waals surface area contributed by atoms with Gasteiger partial charge < -0.3 is 17.7 Å². The molecule has 0 saturated carbocycles. The van der Waals surface area contributed by atoms with Crippen molar-refractivity contribution in [2.45, 2.75) is 101 Å². The molecule has 11 heteroatoms. The highest BCUT2D eigenvalue weighted by molar-refractivity contribution is 9.09. The molecule has 0 bridgehead atoms. The number of aromatic amines is 1. The summed E-state index contributed by atoms with van der Waals surface area (Å²) >= 11 is 3.52. The van der Waals surface area contributed by atoms with Crippen LogP contribution in [-0.4, -0.2) is 50.3 Å². The number of hydrogen-bond acceptors (Lipinski definition) is 6. The maximum Gasteiger partial charge on any atom is 0.335 e. The average molecular weight is 551 g/mol. The Bertz CT molecular complexity index is 951. The fourth-order valence-electron chi connectivity index (χ4n) is 4.81. The van der Waals surface area contributed by atoms with Crippen molar-refractivity contribution in [2.24, 2.45) is 0 Å². The molecule has 2 aliphatic rings. The van der Waals surface area contributed by atoms with Gasteiger partial charge in [0.1, 0.15) is 6.10 Å². The van der Waals surface area contributed by atoms with Gasteiger partial charge in [0.2, 0.25) is 0 Å². The van der Waals surface area contributed by atoms with Gasteiger partial charge in [0.15, 0.2) is 6.23 Å². The van der Waals surface area contributed by atoms with Gasteiger partial charge in [0.05, 0.1) is 17.5 Å². The fourth-order valence-corrected chi connectivity index (χ4v) is 16.9. The van der Waals surface area contributed by atoms with Gasteiger partial charge in [0, 0.05) is 13.6 Å². The van der Waals surface area contributed by atoms with Crippen LogP contribution in [-0.2, 0) is 17.7 Å². The number of ether oxygens (including phenoxy) is 1. The summed E-state index contributed by atoms with van der Waals surface area (Å²) in [4.78, 5) is 24.8. The zero-order valence-corrected chi connectivity index (χ0v) is 23.8. The molecular formula is C21H37BrN2O6Si2. The van der Waals surface area contributed by atoms with Gasteiger partial charge in [-0.25, -0.2) is 4.79 Å². The van der Waals surface area contributed by atoms with Crippen molar-refractivity contribution < 1.29 is 19.1 Å². The highest BCUT2D eigenvalue weighted by atomic mass is 79.9. The van der Waals surface area contributed by atoms with E-state index in [2.05, 4.69) is 76.3 Å². The number of aromatic nitrogens is 2. The molecule has 3 heterocycles. The molecule has 4 atom stereocenters. The third-order valence-corrected chi connectivity index (χ3v) is 17.6. The van der Waals surface area contributed by atoms with E-state index in [4.69, 9.17) is 17.7 Å². The molecule has 182 valence electrons. The number of halogens is 1. The summed E-state index contributed by atoms with van der Waals surface area (Å²) in [5.41, 5.74) is -0.574. The Morgan fingerprint density at radius 2 is 1.62 bits per heavy atom. The van der Waals surface area contributed by atoms with Crippen molar-refractivity contribution in [1.29, 1.82) is 0 Å². The molecule has 3 rings (SSSR count). The molecule has 2 fully saturated rings. The van der Waals surface area contributed by atoms with E-state index < -0.39 is 51.6 Å². The molecular weight excluding hydrogens is 512 g/mol. The molecule has 8 nitrogen and oxygen atoms in total. The number of nitrogens with one attached hydrogen (secondary N) is 1. The summed E-state index contributed by atoms with van der Waals surface area (Å²) in [5, 5.41) is 0. The average Bonchev–Trinajstić information content (AvgIpc) is 2.90. The minimum atomic E-state index is -2.95. The second-order valence-corrected chi connectivity index (χ2v) is 19.7. The van der Waals surface area contributed by atoms with E-state index >= 15 is 0 Å². The number of H-pyrrole nitrogens is 1. The van der Waals surface area contributed by atoms with E-state index in [1.165, 1.54) is 16.8 Å². The number of alkyl halides is 1. The van der Waals surface area contributed by atoms with Gasteiger partial charge in [0.25, 0.3) is 5.56 Å². The van der Waals surface area contributed by atoms with Gasteiger partial charge >= 0.3 is 22.8 Å². The van der Waals surface area contributed by atoms with Gasteiger partial charge in [-0.1, -0.05) is 71.3 Å². The smallest absolute Gasteiger partial charge is 0.335 e. The molecule has 0 radical (unpaired) electrons. The van der Waals surface area contributed by atoms with Gasteiger partial charge in [-0.05, 0) is 22.2 Å². The maximum absolute atomic E-state index is 12.5. The molecule has 0 amide bonds. The fraction of sp³-hybridized carbons (Fsp3) is 0.810. The van der Waals surface area contributed by atoms with Gasteiger partial charge in [-0.2, -0.15) is 0 Å². The molecule has 32 heavy (non-hydrogen) atoms. The third kappa shape index (κ3) is 4.41. The van der Waals surface area contributed by atoms with Crippen LogP contribution in [0.25, 0.3) is 0 Å². The number of hydrogen-bond donors (Lipinski definition) is 1. The number of nitrogens with zero attached hydrogens (tertiary/aromatic N) is 1. The van der Waals surface area contributed by atoms with Crippen LogP contribution in [0.4, 0.5) is 0 Å². The topological polar surface area (TPSA) is 91.8 Å². The summed E-state index contributed by atoms with van der Waals surface area (Å²) < 4.78 is 37.5. The Balaban J connectivity index is 2.14. The highest BCUT2D eigenvalue weighted by Crippen LogP contribution is 2.49. The zero-order valence-electron chi connectivity index (χ0n) is 21.2. The van der Waals surface area contributed by atoms with Crippen LogP contribution in [0.5, 0.6) is 0 Å². The normalized spacial score (nSPS) is 32.8. The molecule has 0 unspecified atom stereocenters. The number of rotatable bonds is 5. The lowest BCUT2D eigenvalue weighted by atomic mass is 10.2. The number of fused-ring (bicyclic) bond motifs is 1. The zero-order chi connectivity index (χ0) is 24.9. The predicted molar refractivity (Wildman–Crippen MR) is 132 cm³/mol. The van der Waals surface area contributed by atoms with Crippen LogP contribution in [0.2, 0.25) is 22.2 Å². The molecule has 1 N–H and O–H groups in total. The predicted octanol–water partition coefficient (Wildman–Crippen LogP) is 4.15. The summed E-state index contributed by atoms with van der Waals surface area (Å²) in [6.07, 6.45) is -0.977. The molecule has 0 aromatic carbocycles. The van der Waals surface area contributed by atoms with E-state index in [-0.39, 0.29) is 28.8 Å². The van der Waals surface area contributed by atoms with Crippen molar-refractivity contribution in [1.82, 2.24) is 9.55 Å². The Morgan fingerprint density at radius 1 is 1.06 bits per heavy atom. The highest BCUT2D eigenvalue weighted by Gasteiger charge is 2.61. The lowest BCUT2D eigenvalue weighted by molar-refractivity contribution is -0.0565. The largest absolute Gasteiger partial charge is 0.414 e.